The third-order valence-corrected chi connectivity index (χ3v) is 12.2. The largest absolute Gasteiger partial charge is 0.491 e. The van der Waals surface area contributed by atoms with Crippen LogP contribution in [0.15, 0.2) is 78.9 Å². The van der Waals surface area contributed by atoms with Gasteiger partial charge in [-0.05, 0) is 96.1 Å². The lowest BCUT2D eigenvalue weighted by Gasteiger charge is -2.17. The average molecular weight is 905 g/mol. The van der Waals surface area contributed by atoms with Crippen molar-refractivity contribution in [3.8, 4) is 62.8 Å². The highest BCUT2D eigenvalue weighted by Crippen LogP contribution is 2.40. The van der Waals surface area contributed by atoms with E-state index >= 15 is 0 Å². The number of H-pyrrole nitrogens is 2. The number of aromatic amines is 2. The van der Waals surface area contributed by atoms with Gasteiger partial charge in [0.05, 0.1) is 19.8 Å². The van der Waals surface area contributed by atoms with E-state index in [4.69, 9.17) is 72.5 Å². The lowest BCUT2D eigenvalue weighted by Crippen LogP contribution is -2.25. The van der Waals surface area contributed by atoms with Gasteiger partial charge in [-0.25, -0.2) is 29.9 Å². The van der Waals surface area contributed by atoms with E-state index in [1.54, 1.807) is 0 Å². The molecule has 5 aliphatic heterocycles. The fraction of sp³-hybridized carbons (Fsp3) is 0.360. The van der Waals surface area contributed by atoms with Gasteiger partial charge in [-0.3, -0.25) is 0 Å². The second-order valence-electron chi connectivity index (χ2n) is 18.6. The summed E-state index contributed by atoms with van der Waals surface area (Å²) < 4.78 is 54.3. The van der Waals surface area contributed by atoms with Crippen LogP contribution in [0.3, 0.4) is 0 Å². The fourth-order valence-corrected chi connectivity index (χ4v) is 9.05. The first-order valence-electron chi connectivity index (χ1n) is 22.5. The van der Waals surface area contributed by atoms with Gasteiger partial charge in [0.1, 0.15) is 78.0 Å². The molecular weight excluding hydrogens is 857 g/mol. The normalized spacial score (nSPS) is 21.1. The molecule has 2 N–H and O–H groups in total. The van der Waals surface area contributed by atoms with Crippen LogP contribution in [0.1, 0.15) is 41.5 Å². The molecule has 12 rings (SSSR count). The summed E-state index contributed by atoms with van der Waals surface area (Å²) in [6, 6.07) is 25.4. The topological polar surface area (TPSA) is 192 Å². The third-order valence-electron chi connectivity index (χ3n) is 12.2. The number of nitrogens with zero attached hydrogens (tertiary/aromatic N) is 6. The Morgan fingerprint density at radius 2 is 0.791 bits per heavy atom. The molecular formula is C50H48N8O9. The number of hydrogen-bond donors (Lipinski definition) is 2. The van der Waals surface area contributed by atoms with E-state index in [0.717, 1.165) is 43.8 Å². The minimum atomic E-state index is -0.671. The molecule has 8 bridgehead atoms. The summed E-state index contributed by atoms with van der Waals surface area (Å²) in [5, 5.41) is 3.15. The predicted molar refractivity (Wildman–Crippen MR) is 247 cm³/mol. The van der Waals surface area contributed by atoms with E-state index in [0.29, 0.717) is 103 Å². The standard InChI is InChI=1S/C50H48N8O9/c1-48(2)62-23-29(65-48)20-59-26-11-14-34-37(17-26)46-54-42(34)52-40-32-9-7-8-10-33(32)41(51-40)53-45-38-18-27(60-21-30-24-63-49(3,4)66-30)12-15-35(38)43(55-45)57-47-39-19-28(13-16-36(39)44(56-46)58-47)61-22-31-25-64-50(5,6)67-31/h7-19,29-31H,20-25H2,1-6H3,(H2,51,52,53,54,55,56,57,58). The number of hydrogen-bond acceptors (Lipinski definition) is 15. The molecule has 0 saturated carbocycles. The van der Waals surface area contributed by atoms with Crippen LogP contribution in [0.25, 0.3) is 89.7 Å². The molecule has 0 amide bonds. The van der Waals surface area contributed by atoms with E-state index in [-0.39, 0.29) is 18.3 Å². The van der Waals surface area contributed by atoms with E-state index in [1.807, 2.05) is 120 Å². The van der Waals surface area contributed by atoms with Crippen molar-refractivity contribution in [2.45, 2.75) is 77.2 Å². The molecule has 3 fully saturated rings. The lowest BCUT2D eigenvalue weighted by atomic mass is 10.1. The molecule has 67 heavy (non-hydrogen) atoms. The zero-order valence-electron chi connectivity index (χ0n) is 37.8. The third kappa shape index (κ3) is 8.10. The van der Waals surface area contributed by atoms with Crippen molar-refractivity contribution in [2.24, 2.45) is 0 Å². The van der Waals surface area contributed by atoms with Crippen molar-refractivity contribution in [2.75, 3.05) is 39.6 Å². The summed E-state index contributed by atoms with van der Waals surface area (Å²) in [5.74, 6) is 1.74. The first-order valence-corrected chi connectivity index (χ1v) is 22.5. The Bertz CT molecular complexity index is 3260. The van der Waals surface area contributed by atoms with Gasteiger partial charge >= 0.3 is 0 Å². The van der Waals surface area contributed by atoms with Crippen LogP contribution in [-0.2, 0) is 28.4 Å². The van der Waals surface area contributed by atoms with Crippen LogP contribution < -0.4 is 14.2 Å². The van der Waals surface area contributed by atoms with Gasteiger partial charge in [-0.2, -0.15) is 0 Å². The van der Waals surface area contributed by atoms with Gasteiger partial charge in [-0.15, -0.1) is 0 Å². The summed E-state index contributed by atoms with van der Waals surface area (Å²) in [4.78, 5) is 38.0. The number of ether oxygens (including phenoxy) is 9. The van der Waals surface area contributed by atoms with Crippen molar-refractivity contribution < 1.29 is 42.6 Å². The first-order chi connectivity index (χ1) is 32.3. The maximum Gasteiger partial charge on any atom is 0.164 e. The summed E-state index contributed by atoms with van der Waals surface area (Å²) in [6.45, 7) is 13.6. The van der Waals surface area contributed by atoms with E-state index in [9.17, 15) is 0 Å². The summed E-state index contributed by atoms with van der Waals surface area (Å²) >= 11 is 0. The molecule has 0 spiro atoms. The molecule has 17 nitrogen and oxygen atoms in total. The van der Waals surface area contributed by atoms with Crippen molar-refractivity contribution >= 4 is 44.1 Å². The van der Waals surface area contributed by atoms with Gasteiger partial charge in [0.2, 0.25) is 0 Å². The number of benzene rings is 4. The minimum Gasteiger partial charge on any atom is -0.491 e. The Morgan fingerprint density at radius 3 is 1.19 bits per heavy atom. The highest BCUT2D eigenvalue weighted by Gasteiger charge is 2.35. The maximum absolute atomic E-state index is 6.32. The monoisotopic (exact) mass is 904 g/mol. The molecule has 3 aromatic heterocycles. The first kappa shape index (κ1) is 41.8. The van der Waals surface area contributed by atoms with E-state index in [2.05, 4.69) is 9.97 Å². The van der Waals surface area contributed by atoms with Crippen LogP contribution >= 0.6 is 0 Å². The smallest absolute Gasteiger partial charge is 0.164 e. The molecule has 7 aromatic rings. The quantitative estimate of drug-likeness (QED) is 0.140. The number of aromatic nitrogens is 8. The molecule has 342 valence electrons. The zero-order chi connectivity index (χ0) is 45.7. The van der Waals surface area contributed by atoms with Gasteiger partial charge in [0, 0.05) is 43.8 Å². The number of fused-ring (bicyclic) bond motifs is 20. The van der Waals surface area contributed by atoms with Gasteiger partial charge in [-0.1, -0.05) is 24.3 Å². The summed E-state index contributed by atoms with van der Waals surface area (Å²) in [5.41, 5.74) is 5.31. The molecule has 17 heteroatoms. The Morgan fingerprint density at radius 1 is 0.433 bits per heavy atom. The van der Waals surface area contributed by atoms with Crippen molar-refractivity contribution in [3.05, 3.63) is 78.9 Å². The summed E-state index contributed by atoms with van der Waals surface area (Å²) in [7, 11) is 0. The van der Waals surface area contributed by atoms with E-state index in [1.165, 1.54) is 0 Å². The molecule has 0 aliphatic carbocycles. The van der Waals surface area contributed by atoms with Crippen molar-refractivity contribution in [1.82, 2.24) is 39.9 Å². The van der Waals surface area contributed by atoms with Crippen LogP contribution in [0, 0.1) is 0 Å². The van der Waals surface area contributed by atoms with E-state index < -0.39 is 17.4 Å². The SMILES string of the molecule is CC1(C)OCC(COc2ccc3c(c2)-c2nc-3nc3[nH]c(nc4nc(nc5[nH]c(n2)c2ccc(OCC6COC(C)(C)O6)cc52)-c2ccccc2-4)c2ccc(OCC4COC(C)(C)O4)cc32)O1. The molecule has 3 saturated heterocycles. The molecule has 5 aliphatic rings. The van der Waals surface area contributed by atoms with Gasteiger partial charge < -0.3 is 52.6 Å². The van der Waals surface area contributed by atoms with Crippen molar-refractivity contribution in [1.29, 1.82) is 0 Å². The Balaban J connectivity index is 1.04. The molecule has 0 radical (unpaired) electrons. The molecule has 8 heterocycles. The van der Waals surface area contributed by atoms with Crippen LogP contribution in [0.2, 0.25) is 0 Å². The van der Waals surface area contributed by atoms with Crippen LogP contribution in [0.5, 0.6) is 17.2 Å². The Kier molecular flexibility index (Phi) is 9.83. The minimum absolute atomic E-state index is 0.212. The maximum atomic E-state index is 6.32. The number of rotatable bonds is 9. The molecule has 3 atom stereocenters. The zero-order valence-corrected chi connectivity index (χ0v) is 37.8. The van der Waals surface area contributed by atoms with Gasteiger partial charge in [0.15, 0.2) is 40.7 Å². The van der Waals surface area contributed by atoms with Crippen LogP contribution in [0.4, 0.5) is 0 Å². The predicted octanol–water partition coefficient (Wildman–Crippen LogP) is 8.46. The van der Waals surface area contributed by atoms with Gasteiger partial charge in [0.25, 0.3) is 0 Å². The Hall–Kier alpha value is -6.60. The highest BCUT2D eigenvalue weighted by atomic mass is 16.8. The summed E-state index contributed by atoms with van der Waals surface area (Å²) in [6.07, 6.45) is -0.648. The molecule has 3 unspecified atom stereocenters. The van der Waals surface area contributed by atoms with Crippen molar-refractivity contribution in [3.63, 3.8) is 0 Å². The average Bonchev–Trinajstić information content (AvgIpc) is 4.18. The second kappa shape index (κ2) is 15.8. The van der Waals surface area contributed by atoms with Crippen LogP contribution in [-0.4, -0.2) is 115 Å². The lowest BCUT2D eigenvalue weighted by molar-refractivity contribution is -0.141. The second-order valence-corrected chi connectivity index (χ2v) is 18.6. The molecule has 4 aromatic carbocycles. The Labute approximate surface area is 384 Å². The fourth-order valence-electron chi connectivity index (χ4n) is 9.05. The highest BCUT2D eigenvalue weighted by molar-refractivity contribution is 6.07. The number of nitrogens with one attached hydrogen (secondary N) is 2.